The molecule has 2 heterocycles. The van der Waals surface area contributed by atoms with Gasteiger partial charge in [0.25, 0.3) is 0 Å². The van der Waals surface area contributed by atoms with Crippen molar-refractivity contribution in [1.82, 2.24) is 4.90 Å². The van der Waals surface area contributed by atoms with E-state index in [9.17, 15) is 4.79 Å². The smallest absolute Gasteiger partial charge is 0.335 e. The second kappa shape index (κ2) is 7.43. The van der Waals surface area contributed by atoms with Crippen LogP contribution >= 0.6 is 0 Å². The molecule has 1 aromatic rings. The molecule has 6 rings (SSSR count). The second-order valence-electron chi connectivity index (χ2n) is 12.6. The summed E-state index contributed by atoms with van der Waals surface area (Å²) in [6, 6.07) is 4.43. The van der Waals surface area contributed by atoms with Crippen molar-refractivity contribution in [2.45, 2.75) is 102 Å². The van der Waals surface area contributed by atoms with Crippen molar-refractivity contribution >= 4 is 0 Å². The third-order valence-corrected chi connectivity index (χ3v) is 11.8. The van der Waals surface area contributed by atoms with Gasteiger partial charge in [0.15, 0.2) is 0 Å². The van der Waals surface area contributed by atoms with E-state index in [1.165, 1.54) is 76.4 Å². The topological polar surface area (TPSA) is 59.5 Å². The summed E-state index contributed by atoms with van der Waals surface area (Å²) in [4.78, 5) is 14.3. The third kappa shape index (κ3) is 2.90. The van der Waals surface area contributed by atoms with Crippen LogP contribution in [0.5, 0.6) is 0 Å². The lowest BCUT2D eigenvalue weighted by molar-refractivity contribution is -0.125. The van der Waals surface area contributed by atoms with Crippen LogP contribution < -0.4 is 11.4 Å². The average Bonchev–Trinajstić information content (AvgIpc) is 3.41. The summed E-state index contributed by atoms with van der Waals surface area (Å²) in [6.07, 6.45) is 16.2. The highest BCUT2D eigenvalue weighted by Gasteiger charge is 2.66. The van der Waals surface area contributed by atoms with Crippen molar-refractivity contribution in [1.29, 1.82) is 0 Å². The Kier molecular flexibility index (Phi) is 4.97. The lowest BCUT2D eigenvalue weighted by Gasteiger charge is -2.64. The Bertz CT molecular complexity index is 902. The van der Waals surface area contributed by atoms with Crippen LogP contribution in [-0.4, -0.2) is 29.6 Å². The molecule has 1 saturated heterocycles. The minimum atomic E-state index is -0.254. The summed E-state index contributed by atoms with van der Waals surface area (Å²) in [6.45, 7) is 7.79. The van der Waals surface area contributed by atoms with E-state index in [0.29, 0.717) is 17.3 Å². The van der Waals surface area contributed by atoms with Gasteiger partial charge in [-0.25, -0.2) is 4.79 Å². The van der Waals surface area contributed by atoms with E-state index in [1.54, 1.807) is 12.3 Å². The van der Waals surface area contributed by atoms with Gasteiger partial charge < -0.3 is 15.1 Å². The molecule has 1 aromatic heterocycles. The van der Waals surface area contributed by atoms with Crippen LogP contribution in [0.25, 0.3) is 0 Å². The highest BCUT2D eigenvalue weighted by molar-refractivity contribution is 5.28. The van der Waals surface area contributed by atoms with Crippen molar-refractivity contribution in [2.24, 2.45) is 34.3 Å². The van der Waals surface area contributed by atoms with Gasteiger partial charge in [-0.1, -0.05) is 13.8 Å². The Morgan fingerprint density at radius 1 is 0.969 bits per heavy atom. The van der Waals surface area contributed by atoms with Gasteiger partial charge in [-0.3, -0.25) is 0 Å². The van der Waals surface area contributed by atoms with Crippen LogP contribution in [0.4, 0.5) is 0 Å². The first-order valence-corrected chi connectivity index (χ1v) is 13.5. The van der Waals surface area contributed by atoms with Gasteiger partial charge in [0, 0.05) is 17.6 Å². The maximum absolute atomic E-state index is 11.5. The SMILES string of the molecule is C[C@]12CCC(N3CCCC3)CC1CC[C@@H]1[C@@H]2CC[C@]2(C)[C@@H](c3ccc(=O)oc3)CC[C@]12N. The first-order chi connectivity index (χ1) is 15.3. The number of fused-ring (bicyclic) bond motifs is 5. The standard InChI is InChI=1S/C28H42N2O2/c1-26-12-9-21(30-15-3-4-16-30)17-20(26)6-7-24-23(26)10-13-27(2)22(11-14-28(24,27)29)19-5-8-25(31)32-18-19/h5,8,18,20-24H,3-4,6-7,9-17,29H2,1-2H3/t20?,21?,22-,23+,24-,26+,27-,28+/m1/s1. The van der Waals surface area contributed by atoms with Crippen molar-refractivity contribution in [2.75, 3.05) is 13.1 Å². The van der Waals surface area contributed by atoms with Gasteiger partial charge in [-0.15, -0.1) is 0 Å². The molecular weight excluding hydrogens is 396 g/mol. The minimum Gasteiger partial charge on any atom is -0.431 e. The van der Waals surface area contributed by atoms with Crippen molar-refractivity contribution in [3.63, 3.8) is 0 Å². The molecule has 4 aliphatic carbocycles. The van der Waals surface area contributed by atoms with Crippen molar-refractivity contribution in [3.8, 4) is 0 Å². The molecule has 0 bridgehead atoms. The van der Waals surface area contributed by atoms with Gasteiger partial charge in [0.2, 0.25) is 0 Å². The highest BCUT2D eigenvalue weighted by atomic mass is 16.4. The van der Waals surface area contributed by atoms with E-state index in [1.807, 2.05) is 6.07 Å². The summed E-state index contributed by atoms with van der Waals surface area (Å²) in [7, 11) is 0. The van der Waals surface area contributed by atoms with E-state index in [-0.39, 0.29) is 16.6 Å². The molecule has 2 unspecified atom stereocenters. The Hall–Kier alpha value is -1.13. The minimum absolute atomic E-state index is 0.0868. The number of nitrogens with zero attached hydrogens (tertiary/aromatic N) is 1. The molecule has 8 atom stereocenters. The number of hydrogen-bond acceptors (Lipinski definition) is 4. The van der Waals surface area contributed by atoms with Gasteiger partial charge in [0.05, 0.1) is 6.26 Å². The fraction of sp³-hybridized carbons (Fsp3) is 0.821. The Morgan fingerprint density at radius 3 is 2.53 bits per heavy atom. The van der Waals surface area contributed by atoms with Crippen LogP contribution in [0.1, 0.15) is 96.0 Å². The molecule has 0 amide bonds. The average molecular weight is 439 g/mol. The monoisotopic (exact) mass is 438 g/mol. The zero-order chi connectivity index (χ0) is 22.1. The fourth-order valence-corrected chi connectivity index (χ4v) is 9.85. The molecule has 1 aliphatic heterocycles. The number of rotatable bonds is 2. The Labute approximate surface area is 193 Å². The normalized spacial score (nSPS) is 48.8. The predicted molar refractivity (Wildman–Crippen MR) is 127 cm³/mol. The highest BCUT2D eigenvalue weighted by Crippen LogP contribution is 2.69. The van der Waals surface area contributed by atoms with Crippen LogP contribution in [0.3, 0.4) is 0 Å². The number of hydrogen-bond donors (Lipinski definition) is 1. The maximum Gasteiger partial charge on any atom is 0.335 e. The van der Waals surface area contributed by atoms with E-state index in [0.717, 1.165) is 30.7 Å². The molecule has 0 radical (unpaired) electrons. The number of likely N-dealkylation sites (tertiary alicyclic amines) is 1. The molecule has 5 fully saturated rings. The fourth-order valence-electron chi connectivity index (χ4n) is 9.85. The summed E-state index contributed by atoms with van der Waals surface area (Å²) < 4.78 is 5.27. The van der Waals surface area contributed by atoms with Gasteiger partial charge in [0.1, 0.15) is 0 Å². The van der Waals surface area contributed by atoms with Gasteiger partial charge >= 0.3 is 5.63 Å². The predicted octanol–water partition coefficient (Wildman–Crippen LogP) is 5.31. The number of nitrogens with two attached hydrogens (primary N) is 1. The van der Waals surface area contributed by atoms with Gasteiger partial charge in [-0.2, -0.15) is 0 Å². The Morgan fingerprint density at radius 2 is 1.78 bits per heavy atom. The molecule has 0 spiro atoms. The molecule has 176 valence electrons. The molecule has 4 saturated carbocycles. The molecule has 4 nitrogen and oxygen atoms in total. The molecule has 0 aromatic carbocycles. The maximum atomic E-state index is 11.5. The molecule has 5 aliphatic rings. The second-order valence-corrected chi connectivity index (χ2v) is 12.6. The van der Waals surface area contributed by atoms with E-state index in [2.05, 4.69) is 18.7 Å². The lowest BCUT2D eigenvalue weighted by atomic mass is 9.42. The van der Waals surface area contributed by atoms with Crippen LogP contribution in [0.15, 0.2) is 27.6 Å². The van der Waals surface area contributed by atoms with Crippen LogP contribution in [0, 0.1) is 28.6 Å². The van der Waals surface area contributed by atoms with E-state index >= 15 is 0 Å². The summed E-state index contributed by atoms with van der Waals surface area (Å²) in [5.74, 6) is 2.73. The zero-order valence-corrected chi connectivity index (χ0v) is 20.2. The summed E-state index contributed by atoms with van der Waals surface area (Å²) in [5, 5.41) is 0. The van der Waals surface area contributed by atoms with Crippen molar-refractivity contribution < 1.29 is 4.42 Å². The van der Waals surface area contributed by atoms with E-state index < -0.39 is 0 Å². The van der Waals surface area contributed by atoms with Crippen LogP contribution in [-0.2, 0) is 0 Å². The zero-order valence-electron chi connectivity index (χ0n) is 20.2. The molecular formula is C28H42N2O2. The molecule has 4 heteroatoms. The Balaban J connectivity index is 1.26. The third-order valence-electron chi connectivity index (χ3n) is 11.8. The van der Waals surface area contributed by atoms with Gasteiger partial charge in [-0.05, 0) is 130 Å². The molecule has 2 N–H and O–H groups in total. The summed E-state index contributed by atoms with van der Waals surface area (Å²) in [5.41, 5.74) is 8.94. The van der Waals surface area contributed by atoms with Crippen LogP contribution in [0.2, 0.25) is 0 Å². The first kappa shape index (κ1) is 21.4. The molecule has 32 heavy (non-hydrogen) atoms. The van der Waals surface area contributed by atoms with E-state index in [4.69, 9.17) is 10.2 Å². The summed E-state index contributed by atoms with van der Waals surface area (Å²) >= 11 is 0. The lowest BCUT2D eigenvalue weighted by Crippen LogP contribution is -2.66. The first-order valence-electron chi connectivity index (χ1n) is 13.5. The largest absolute Gasteiger partial charge is 0.431 e. The van der Waals surface area contributed by atoms with Crippen molar-refractivity contribution in [3.05, 3.63) is 34.4 Å². The quantitative estimate of drug-likeness (QED) is 0.680.